The number of benzene rings is 2. The number of thiocarbonyl (C=S) groups is 1. The zero-order valence-corrected chi connectivity index (χ0v) is 14.6. The van der Waals surface area contributed by atoms with E-state index in [0.29, 0.717) is 16.6 Å². The van der Waals surface area contributed by atoms with Gasteiger partial charge in [-0.05, 0) is 48.6 Å². The van der Waals surface area contributed by atoms with Gasteiger partial charge in [-0.15, -0.1) is 10.2 Å². The van der Waals surface area contributed by atoms with E-state index in [1.165, 1.54) is 36.4 Å². The van der Waals surface area contributed by atoms with Crippen molar-refractivity contribution in [2.75, 3.05) is 5.32 Å². The monoisotopic (exact) mass is 393 g/mol. The van der Waals surface area contributed by atoms with Gasteiger partial charge in [0.25, 0.3) is 0 Å². The maximum atomic E-state index is 13.4. The van der Waals surface area contributed by atoms with Gasteiger partial charge in [-0.2, -0.15) is 0 Å². The fourth-order valence-corrected chi connectivity index (χ4v) is 2.95. The van der Waals surface area contributed by atoms with Crippen LogP contribution in [0.5, 0.6) is 5.88 Å². The number of nitrogens with zero attached hydrogens (tertiary/aromatic N) is 2. The van der Waals surface area contributed by atoms with Crippen molar-refractivity contribution in [3.63, 3.8) is 0 Å². The first kappa shape index (κ1) is 17.9. The molecule has 0 saturated carbocycles. The number of nitrogens with one attached hydrogen (secondary N) is 2. The van der Waals surface area contributed by atoms with Gasteiger partial charge in [-0.3, -0.25) is 0 Å². The third-order valence-electron chi connectivity index (χ3n) is 3.37. The maximum absolute atomic E-state index is 13.4. The standard InChI is InChI=1S/C15H12FN5O3S2/c16-8-4-5-12-11(6-8)13(14(22)19-12)20-21-15(25)18-9-2-1-3-10(7-9)26(17,23)24/h1-7,19,22H,(H,18,25)(H2,17,23,24). The fourth-order valence-electron chi connectivity index (χ4n) is 2.23. The highest BCUT2D eigenvalue weighted by atomic mass is 32.2. The Morgan fingerprint density at radius 2 is 2.04 bits per heavy atom. The van der Waals surface area contributed by atoms with E-state index in [-0.39, 0.29) is 21.6 Å². The van der Waals surface area contributed by atoms with E-state index in [4.69, 9.17) is 17.4 Å². The topological polar surface area (TPSA) is 133 Å². The zero-order valence-electron chi connectivity index (χ0n) is 13.0. The number of hydrogen-bond acceptors (Lipinski definition) is 5. The lowest BCUT2D eigenvalue weighted by Gasteiger charge is -2.05. The molecule has 1 heterocycles. The second-order valence-electron chi connectivity index (χ2n) is 5.22. The SMILES string of the molecule is NS(=O)(=O)c1cccc(NC(=S)N=Nc2c(O)[nH]c3ccc(F)cc23)c1. The third kappa shape index (κ3) is 3.85. The normalized spacial score (nSPS) is 11.9. The second kappa shape index (κ2) is 6.78. The number of nitrogens with two attached hydrogens (primary N) is 1. The predicted molar refractivity (Wildman–Crippen MR) is 98.5 cm³/mol. The molecule has 0 atom stereocenters. The second-order valence-corrected chi connectivity index (χ2v) is 7.16. The number of H-pyrrole nitrogens is 1. The highest BCUT2D eigenvalue weighted by Crippen LogP contribution is 2.35. The molecule has 11 heteroatoms. The number of anilines is 1. The molecule has 134 valence electrons. The molecule has 3 aromatic rings. The molecule has 26 heavy (non-hydrogen) atoms. The molecule has 1 aromatic heterocycles. The van der Waals surface area contributed by atoms with E-state index in [2.05, 4.69) is 20.5 Å². The van der Waals surface area contributed by atoms with E-state index >= 15 is 0 Å². The molecular formula is C15H12FN5O3S2. The number of azo groups is 1. The van der Waals surface area contributed by atoms with Crippen molar-refractivity contribution in [1.29, 1.82) is 0 Å². The van der Waals surface area contributed by atoms with Gasteiger partial charge in [-0.1, -0.05) is 6.07 Å². The summed E-state index contributed by atoms with van der Waals surface area (Å²) in [4.78, 5) is 2.55. The summed E-state index contributed by atoms with van der Waals surface area (Å²) in [5, 5.41) is 25.5. The number of halogens is 1. The van der Waals surface area contributed by atoms with E-state index in [1.807, 2.05) is 0 Å². The Morgan fingerprint density at radius 3 is 2.77 bits per heavy atom. The van der Waals surface area contributed by atoms with Gasteiger partial charge in [0.15, 0.2) is 5.69 Å². The van der Waals surface area contributed by atoms with Crippen LogP contribution in [0.25, 0.3) is 10.9 Å². The summed E-state index contributed by atoms with van der Waals surface area (Å²) in [5.41, 5.74) is 0.856. The van der Waals surface area contributed by atoms with Crippen molar-refractivity contribution < 1.29 is 17.9 Å². The van der Waals surface area contributed by atoms with E-state index in [1.54, 1.807) is 6.07 Å². The van der Waals surface area contributed by atoms with E-state index < -0.39 is 15.8 Å². The van der Waals surface area contributed by atoms with Crippen molar-refractivity contribution in [3.05, 3.63) is 48.3 Å². The van der Waals surface area contributed by atoms with Crippen molar-refractivity contribution in [2.24, 2.45) is 15.4 Å². The number of aromatic nitrogens is 1. The lowest BCUT2D eigenvalue weighted by molar-refractivity contribution is 0.459. The van der Waals surface area contributed by atoms with Crippen molar-refractivity contribution in [2.45, 2.75) is 4.90 Å². The molecule has 0 bridgehead atoms. The van der Waals surface area contributed by atoms with Crippen molar-refractivity contribution in [1.82, 2.24) is 4.98 Å². The van der Waals surface area contributed by atoms with Crippen LogP contribution >= 0.6 is 12.2 Å². The van der Waals surface area contributed by atoms with Crippen molar-refractivity contribution in [3.8, 4) is 5.88 Å². The summed E-state index contributed by atoms with van der Waals surface area (Å²) in [7, 11) is -3.85. The quantitative estimate of drug-likeness (QED) is 0.401. The molecule has 3 rings (SSSR count). The Morgan fingerprint density at radius 1 is 1.27 bits per heavy atom. The maximum Gasteiger partial charge on any atom is 0.238 e. The van der Waals surface area contributed by atoms with Crippen LogP contribution in [0.15, 0.2) is 57.6 Å². The average molecular weight is 393 g/mol. The first-order valence-corrected chi connectivity index (χ1v) is 9.05. The van der Waals surface area contributed by atoms with Crippen LogP contribution in [0.3, 0.4) is 0 Å². The largest absolute Gasteiger partial charge is 0.493 e. The number of sulfonamides is 1. The van der Waals surface area contributed by atoms with Crippen LogP contribution in [-0.2, 0) is 10.0 Å². The lowest BCUT2D eigenvalue weighted by Crippen LogP contribution is -2.13. The predicted octanol–water partition coefficient (Wildman–Crippen LogP) is 3.14. The molecular weight excluding hydrogens is 381 g/mol. The smallest absolute Gasteiger partial charge is 0.238 e. The minimum Gasteiger partial charge on any atom is -0.493 e. The van der Waals surface area contributed by atoms with Gasteiger partial charge in [0, 0.05) is 11.1 Å². The average Bonchev–Trinajstić information content (AvgIpc) is 2.87. The summed E-state index contributed by atoms with van der Waals surface area (Å²) >= 11 is 5.02. The summed E-state index contributed by atoms with van der Waals surface area (Å²) < 4.78 is 36.1. The molecule has 2 aromatic carbocycles. The highest BCUT2D eigenvalue weighted by Gasteiger charge is 2.12. The molecule has 0 amide bonds. The van der Waals surface area contributed by atoms with Gasteiger partial charge in [0.05, 0.1) is 10.4 Å². The fraction of sp³-hybridized carbons (Fsp3) is 0. The Balaban J connectivity index is 1.83. The van der Waals surface area contributed by atoms with Gasteiger partial charge >= 0.3 is 0 Å². The number of fused-ring (bicyclic) bond motifs is 1. The van der Waals surface area contributed by atoms with Gasteiger partial charge < -0.3 is 15.4 Å². The third-order valence-corrected chi connectivity index (χ3v) is 4.46. The number of aromatic hydroxyl groups is 1. The first-order valence-electron chi connectivity index (χ1n) is 7.10. The molecule has 0 saturated heterocycles. The molecule has 0 fully saturated rings. The molecule has 8 nitrogen and oxygen atoms in total. The Kier molecular flexibility index (Phi) is 4.68. The van der Waals surface area contributed by atoms with Crippen LogP contribution in [0.2, 0.25) is 0 Å². The van der Waals surface area contributed by atoms with Crippen molar-refractivity contribution >= 4 is 49.6 Å². The zero-order chi connectivity index (χ0) is 18.9. The Bertz CT molecular complexity index is 1140. The minimum atomic E-state index is -3.85. The molecule has 0 spiro atoms. The number of aromatic amines is 1. The minimum absolute atomic E-state index is 0.0296. The van der Waals surface area contributed by atoms with Gasteiger partial charge in [-0.25, -0.2) is 17.9 Å². The van der Waals surface area contributed by atoms with Crippen LogP contribution in [-0.4, -0.2) is 23.6 Å². The van der Waals surface area contributed by atoms with Crippen LogP contribution in [0.4, 0.5) is 15.8 Å². The number of primary sulfonamides is 1. The van der Waals surface area contributed by atoms with E-state index in [9.17, 15) is 17.9 Å². The van der Waals surface area contributed by atoms with Gasteiger partial charge in [0.1, 0.15) is 5.82 Å². The number of hydrogen-bond donors (Lipinski definition) is 4. The Labute approximate surface area is 152 Å². The summed E-state index contributed by atoms with van der Waals surface area (Å²) in [5.74, 6) is -0.776. The van der Waals surface area contributed by atoms with Crippen LogP contribution in [0, 0.1) is 5.82 Å². The lowest BCUT2D eigenvalue weighted by atomic mass is 10.2. The summed E-state index contributed by atoms with van der Waals surface area (Å²) in [6, 6.07) is 9.57. The summed E-state index contributed by atoms with van der Waals surface area (Å²) in [6.07, 6.45) is 0. The van der Waals surface area contributed by atoms with Gasteiger partial charge in [0.2, 0.25) is 21.0 Å². The Hall–Kier alpha value is -2.89. The first-order chi connectivity index (χ1) is 12.2. The van der Waals surface area contributed by atoms with Crippen LogP contribution in [0.1, 0.15) is 0 Å². The molecule has 0 unspecified atom stereocenters. The molecule has 0 radical (unpaired) electrons. The number of rotatable bonds is 3. The molecule has 5 N–H and O–H groups in total. The molecule has 0 aliphatic rings. The van der Waals surface area contributed by atoms with E-state index in [0.717, 1.165) is 0 Å². The van der Waals surface area contributed by atoms with Crippen LogP contribution < -0.4 is 10.5 Å². The molecule has 0 aliphatic carbocycles. The highest BCUT2D eigenvalue weighted by molar-refractivity contribution is 7.89. The molecule has 0 aliphatic heterocycles. The summed E-state index contributed by atoms with van der Waals surface area (Å²) in [6.45, 7) is 0.